The topological polar surface area (TPSA) is 24.9 Å². The van der Waals surface area contributed by atoms with Gasteiger partial charge in [0.15, 0.2) is 0 Å². The zero-order chi connectivity index (χ0) is 18.2. The Labute approximate surface area is 154 Å². The summed E-state index contributed by atoms with van der Waals surface area (Å²) in [6.45, 7) is 16.6. The molecule has 0 bridgehead atoms. The maximum Gasteiger partial charge on any atom is 0.126 e. The predicted molar refractivity (Wildman–Crippen MR) is 105 cm³/mol. The van der Waals surface area contributed by atoms with E-state index in [0.29, 0.717) is 25.0 Å². The molecule has 0 atom stereocenters. The van der Waals surface area contributed by atoms with Crippen LogP contribution in [0.5, 0.6) is 5.75 Å². The molecular formula is C21H36N2O2. The number of piperazine rings is 1. The number of nitrogens with zero attached hydrogens (tertiary/aromatic N) is 2. The van der Waals surface area contributed by atoms with E-state index < -0.39 is 0 Å². The molecule has 0 amide bonds. The summed E-state index contributed by atoms with van der Waals surface area (Å²) in [5.74, 6) is 1.99. The van der Waals surface area contributed by atoms with Crippen molar-refractivity contribution in [1.82, 2.24) is 9.80 Å². The van der Waals surface area contributed by atoms with Crippen LogP contribution in [0.25, 0.3) is 0 Å². The average molecular weight is 349 g/mol. The van der Waals surface area contributed by atoms with Crippen LogP contribution in [0.4, 0.5) is 0 Å². The number of benzene rings is 1. The lowest BCUT2D eigenvalue weighted by atomic mass is 9.94. The first kappa shape index (κ1) is 20.2. The molecule has 25 heavy (non-hydrogen) atoms. The summed E-state index contributed by atoms with van der Waals surface area (Å²) in [5.41, 5.74) is 2.59. The Hall–Kier alpha value is -1.10. The highest BCUT2D eigenvalue weighted by Gasteiger charge is 2.15. The van der Waals surface area contributed by atoms with Crippen molar-refractivity contribution in [1.29, 1.82) is 0 Å². The first-order valence-electron chi connectivity index (χ1n) is 9.73. The molecule has 1 aliphatic rings. The smallest absolute Gasteiger partial charge is 0.126 e. The second kappa shape index (κ2) is 10.1. The van der Waals surface area contributed by atoms with E-state index in [1.165, 1.54) is 11.1 Å². The van der Waals surface area contributed by atoms with Crippen LogP contribution in [0.2, 0.25) is 0 Å². The van der Waals surface area contributed by atoms with Gasteiger partial charge in [0.05, 0.1) is 13.2 Å². The number of para-hydroxylation sites is 1. The van der Waals surface area contributed by atoms with Gasteiger partial charge in [-0.05, 0) is 30.0 Å². The molecule has 1 aromatic rings. The van der Waals surface area contributed by atoms with Gasteiger partial charge in [-0.2, -0.15) is 0 Å². The third-order valence-corrected chi connectivity index (χ3v) is 4.94. The van der Waals surface area contributed by atoms with Crippen LogP contribution in [0, 0.1) is 0 Å². The van der Waals surface area contributed by atoms with Crippen LogP contribution in [-0.2, 0) is 4.74 Å². The Balaban J connectivity index is 1.74. The summed E-state index contributed by atoms with van der Waals surface area (Å²) >= 11 is 0. The van der Waals surface area contributed by atoms with E-state index >= 15 is 0 Å². The Morgan fingerprint density at radius 2 is 1.48 bits per heavy atom. The Morgan fingerprint density at radius 1 is 0.880 bits per heavy atom. The molecule has 0 spiro atoms. The molecule has 0 unspecified atom stereocenters. The van der Waals surface area contributed by atoms with Crippen molar-refractivity contribution in [2.45, 2.75) is 39.5 Å². The molecule has 1 fully saturated rings. The van der Waals surface area contributed by atoms with E-state index in [1.54, 1.807) is 0 Å². The lowest BCUT2D eigenvalue weighted by Crippen LogP contribution is -2.45. The predicted octanol–water partition coefficient (Wildman–Crippen LogP) is 3.58. The fourth-order valence-electron chi connectivity index (χ4n) is 3.22. The standard InChI is InChI=1S/C21H36N2O2/c1-17(2)19-7-6-8-20(18(3)4)21(19)25-16-15-24-14-13-23-11-9-22(5)10-12-23/h6-8,17-18H,9-16H2,1-5H3. The van der Waals surface area contributed by atoms with Gasteiger partial charge in [-0.1, -0.05) is 45.9 Å². The van der Waals surface area contributed by atoms with Crippen molar-refractivity contribution in [3.8, 4) is 5.75 Å². The van der Waals surface area contributed by atoms with E-state index in [0.717, 1.165) is 45.1 Å². The van der Waals surface area contributed by atoms with Gasteiger partial charge in [-0.25, -0.2) is 0 Å². The SMILES string of the molecule is CC(C)c1cccc(C(C)C)c1OCCOCCN1CCN(C)CC1. The van der Waals surface area contributed by atoms with Crippen LogP contribution >= 0.6 is 0 Å². The molecular weight excluding hydrogens is 312 g/mol. The molecule has 1 aromatic carbocycles. The number of hydrogen-bond acceptors (Lipinski definition) is 4. The minimum atomic E-state index is 0.465. The fraction of sp³-hybridized carbons (Fsp3) is 0.714. The van der Waals surface area contributed by atoms with Crippen molar-refractivity contribution in [2.75, 3.05) is 59.6 Å². The van der Waals surface area contributed by atoms with Gasteiger partial charge < -0.3 is 14.4 Å². The zero-order valence-corrected chi connectivity index (χ0v) is 16.8. The largest absolute Gasteiger partial charge is 0.491 e. The fourth-order valence-corrected chi connectivity index (χ4v) is 3.22. The minimum absolute atomic E-state index is 0.465. The highest BCUT2D eigenvalue weighted by Crippen LogP contribution is 2.34. The van der Waals surface area contributed by atoms with E-state index in [-0.39, 0.29) is 0 Å². The third-order valence-electron chi connectivity index (χ3n) is 4.94. The molecule has 1 heterocycles. The highest BCUT2D eigenvalue weighted by atomic mass is 16.5. The summed E-state index contributed by atoms with van der Waals surface area (Å²) in [5, 5.41) is 0. The van der Waals surface area contributed by atoms with E-state index in [2.05, 4.69) is 62.7 Å². The lowest BCUT2D eigenvalue weighted by molar-refractivity contribution is 0.0654. The first-order chi connectivity index (χ1) is 12.0. The van der Waals surface area contributed by atoms with Crippen LogP contribution in [-0.4, -0.2) is 69.4 Å². The molecule has 0 aromatic heterocycles. The number of ether oxygens (including phenoxy) is 2. The Morgan fingerprint density at radius 3 is 2.04 bits per heavy atom. The van der Waals surface area contributed by atoms with E-state index in [4.69, 9.17) is 9.47 Å². The zero-order valence-electron chi connectivity index (χ0n) is 16.8. The molecule has 0 aliphatic carbocycles. The summed E-state index contributed by atoms with van der Waals surface area (Å²) in [7, 11) is 2.19. The molecule has 0 saturated carbocycles. The van der Waals surface area contributed by atoms with E-state index in [9.17, 15) is 0 Å². The Bertz CT molecular complexity index is 482. The number of hydrogen-bond donors (Lipinski definition) is 0. The van der Waals surface area contributed by atoms with Crippen LogP contribution < -0.4 is 4.74 Å². The van der Waals surface area contributed by atoms with Crippen molar-refractivity contribution in [3.63, 3.8) is 0 Å². The maximum absolute atomic E-state index is 6.15. The van der Waals surface area contributed by atoms with Crippen molar-refractivity contribution < 1.29 is 9.47 Å². The second-order valence-corrected chi connectivity index (χ2v) is 7.68. The molecule has 2 rings (SSSR count). The molecule has 142 valence electrons. The van der Waals surface area contributed by atoms with Crippen molar-refractivity contribution in [2.24, 2.45) is 0 Å². The molecule has 4 heteroatoms. The van der Waals surface area contributed by atoms with Gasteiger partial charge in [0.2, 0.25) is 0 Å². The van der Waals surface area contributed by atoms with Gasteiger partial charge in [-0.15, -0.1) is 0 Å². The third kappa shape index (κ3) is 6.28. The summed E-state index contributed by atoms with van der Waals surface area (Å²) in [6.07, 6.45) is 0. The van der Waals surface area contributed by atoms with Crippen LogP contribution in [0.1, 0.15) is 50.7 Å². The Kier molecular flexibility index (Phi) is 8.20. The quantitative estimate of drug-likeness (QED) is 0.637. The second-order valence-electron chi connectivity index (χ2n) is 7.68. The summed E-state index contributed by atoms with van der Waals surface area (Å²) < 4.78 is 12.0. The molecule has 1 saturated heterocycles. The normalized spacial score (nSPS) is 16.8. The van der Waals surface area contributed by atoms with Gasteiger partial charge in [0.25, 0.3) is 0 Å². The number of rotatable bonds is 9. The molecule has 0 N–H and O–H groups in total. The van der Waals surface area contributed by atoms with Gasteiger partial charge in [0, 0.05) is 32.7 Å². The summed E-state index contributed by atoms with van der Waals surface area (Å²) in [6, 6.07) is 6.50. The van der Waals surface area contributed by atoms with Gasteiger partial charge in [0.1, 0.15) is 12.4 Å². The first-order valence-corrected chi connectivity index (χ1v) is 9.73. The number of likely N-dealkylation sites (N-methyl/N-ethyl adjacent to an activating group) is 1. The molecule has 4 nitrogen and oxygen atoms in total. The summed E-state index contributed by atoms with van der Waals surface area (Å²) in [4.78, 5) is 4.86. The monoisotopic (exact) mass is 348 g/mol. The molecule has 0 radical (unpaired) electrons. The minimum Gasteiger partial charge on any atom is -0.491 e. The van der Waals surface area contributed by atoms with Crippen LogP contribution in [0.15, 0.2) is 18.2 Å². The average Bonchev–Trinajstić information content (AvgIpc) is 2.59. The lowest BCUT2D eigenvalue weighted by Gasteiger charge is -2.32. The van der Waals surface area contributed by atoms with Gasteiger partial charge >= 0.3 is 0 Å². The van der Waals surface area contributed by atoms with Crippen LogP contribution in [0.3, 0.4) is 0 Å². The highest BCUT2D eigenvalue weighted by molar-refractivity contribution is 5.44. The van der Waals surface area contributed by atoms with Gasteiger partial charge in [-0.3, -0.25) is 4.90 Å². The maximum atomic E-state index is 6.15. The molecule has 1 aliphatic heterocycles. The van der Waals surface area contributed by atoms with E-state index in [1.807, 2.05) is 0 Å². The van der Waals surface area contributed by atoms with Crippen molar-refractivity contribution in [3.05, 3.63) is 29.3 Å². The van der Waals surface area contributed by atoms with Crippen molar-refractivity contribution >= 4 is 0 Å².